The zero-order valence-corrected chi connectivity index (χ0v) is 7.65. The lowest BCUT2D eigenvalue weighted by Gasteiger charge is -1.93. The lowest BCUT2D eigenvalue weighted by molar-refractivity contribution is 1.22. The maximum Gasteiger partial charge on any atom is 0.0411 e. The van der Waals surface area contributed by atoms with Crippen molar-refractivity contribution in [3.63, 3.8) is 0 Å². The molecule has 1 nitrogen and oxygen atoms in total. The second-order valence-corrected chi connectivity index (χ2v) is 3.58. The molecule has 1 rings (SSSR count). The van der Waals surface area contributed by atoms with Crippen LogP contribution in [-0.2, 0) is 0 Å². The van der Waals surface area contributed by atoms with Gasteiger partial charge >= 0.3 is 0 Å². The van der Waals surface area contributed by atoms with Gasteiger partial charge in [0.15, 0.2) is 0 Å². The molecule has 0 aliphatic rings. The summed E-state index contributed by atoms with van der Waals surface area (Å²) >= 11 is 4.88. The Morgan fingerprint density at radius 3 is 3.00 bits per heavy atom. The predicted molar refractivity (Wildman–Crippen MR) is 48.0 cm³/mol. The number of nitrogens with zero attached hydrogens (tertiary/aromatic N) is 1. The summed E-state index contributed by atoms with van der Waals surface area (Å²) < 4.78 is 0.999. The number of rotatable bonds is 2. The van der Waals surface area contributed by atoms with Crippen LogP contribution in [0.3, 0.4) is 0 Å². The van der Waals surface area contributed by atoms with Crippen molar-refractivity contribution in [3.8, 4) is 0 Å². The molecule has 3 heteroatoms. The van der Waals surface area contributed by atoms with Crippen LogP contribution in [0.1, 0.15) is 0 Å². The first-order valence-corrected chi connectivity index (χ1v) is 4.38. The summed E-state index contributed by atoms with van der Waals surface area (Å²) in [6.45, 7) is 3.61. The van der Waals surface area contributed by atoms with Crippen molar-refractivity contribution in [1.29, 1.82) is 0 Å². The quantitative estimate of drug-likeness (QED) is 0.704. The molecule has 0 aliphatic heterocycles. The average Bonchev–Trinajstić information content (AvgIpc) is 1.88. The molecule has 0 saturated heterocycles. The van der Waals surface area contributed by atoms with Gasteiger partial charge < -0.3 is 0 Å². The maximum absolute atomic E-state index is 3.99. The van der Waals surface area contributed by atoms with Gasteiger partial charge in [0.2, 0.25) is 0 Å². The van der Waals surface area contributed by atoms with E-state index in [1.54, 1.807) is 29.6 Å². The van der Waals surface area contributed by atoms with Crippen LogP contribution < -0.4 is 0 Å². The van der Waals surface area contributed by atoms with Crippen molar-refractivity contribution in [2.45, 2.75) is 4.90 Å². The van der Waals surface area contributed by atoms with Crippen LogP contribution in [0.5, 0.6) is 0 Å². The molecule has 0 unspecified atom stereocenters. The first kappa shape index (κ1) is 7.82. The highest BCUT2D eigenvalue weighted by Crippen LogP contribution is 2.20. The molecular weight excluding hydrogens is 210 g/mol. The van der Waals surface area contributed by atoms with Crippen LogP contribution in [0.25, 0.3) is 0 Å². The Hall–Kier alpha value is -0.280. The molecule has 10 heavy (non-hydrogen) atoms. The van der Waals surface area contributed by atoms with E-state index in [2.05, 4.69) is 27.5 Å². The van der Waals surface area contributed by atoms with E-state index < -0.39 is 0 Å². The van der Waals surface area contributed by atoms with Crippen LogP contribution in [0.15, 0.2) is 39.8 Å². The Morgan fingerprint density at radius 2 is 2.40 bits per heavy atom. The van der Waals surface area contributed by atoms with Crippen molar-refractivity contribution in [3.05, 3.63) is 34.9 Å². The third-order valence-corrected chi connectivity index (χ3v) is 1.99. The molecule has 0 saturated carbocycles. The second-order valence-electron chi connectivity index (χ2n) is 1.62. The monoisotopic (exact) mass is 215 g/mol. The highest BCUT2D eigenvalue weighted by molar-refractivity contribution is 9.10. The van der Waals surface area contributed by atoms with Crippen LogP contribution in [0, 0.1) is 0 Å². The smallest absolute Gasteiger partial charge is 0.0411 e. The largest absolute Gasteiger partial charge is 0.262 e. The van der Waals surface area contributed by atoms with Gasteiger partial charge in [0.1, 0.15) is 0 Å². The summed E-state index contributed by atoms with van der Waals surface area (Å²) in [5.41, 5.74) is 0. The minimum Gasteiger partial charge on any atom is -0.262 e. The first-order chi connectivity index (χ1) is 4.83. The molecule has 1 aromatic rings. The van der Waals surface area contributed by atoms with E-state index in [-0.39, 0.29) is 0 Å². The number of pyridine rings is 1. The van der Waals surface area contributed by atoms with Gasteiger partial charge in [-0.3, -0.25) is 4.98 Å². The molecule has 1 aromatic heterocycles. The average molecular weight is 216 g/mol. The second kappa shape index (κ2) is 3.78. The fraction of sp³-hybridized carbons (Fsp3) is 0. The van der Waals surface area contributed by atoms with E-state index in [9.17, 15) is 0 Å². The topological polar surface area (TPSA) is 12.9 Å². The lowest BCUT2D eigenvalue weighted by Crippen LogP contribution is -1.72. The van der Waals surface area contributed by atoms with Gasteiger partial charge in [-0.05, 0) is 27.4 Å². The van der Waals surface area contributed by atoms with E-state index in [0.29, 0.717) is 0 Å². The van der Waals surface area contributed by atoms with Crippen LogP contribution >= 0.6 is 27.7 Å². The first-order valence-electron chi connectivity index (χ1n) is 2.71. The van der Waals surface area contributed by atoms with E-state index in [4.69, 9.17) is 0 Å². The molecule has 0 bridgehead atoms. The zero-order chi connectivity index (χ0) is 7.40. The summed E-state index contributed by atoms with van der Waals surface area (Å²) in [5, 5.41) is 1.78. The molecule has 0 radical (unpaired) electrons. The van der Waals surface area contributed by atoms with Crippen molar-refractivity contribution < 1.29 is 0 Å². The van der Waals surface area contributed by atoms with Gasteiger partial charge in [-0.15, -0.1) is 0 Å². The van der Waals surface area contributed by atoms with Gasteiger partial charge in [-0.25, -0.2) is 0 Å². The summed E-state index contributed by atoms with van der Waals surface area (Å²) in [7, 11) is 0. The van der Waals surface area contributed by atoms with Crippen molar-refractivity contribution in [1.82, 2.24) is 4.98 Å². The molecule has 52 valence electrons. The summed E-state index contributed by atoms with van der Waals surface area (Å²) in [5.74, 6) is 0. The molecule has 0 fully saturated rings. The molecule has 1 heterocycles. The van der Waals surface area contributed by atoms with Crippen molar-refractivity contribution in [2.24, 2.45) is 0 Å². The Labute approximate surface area is 72.7 Å². The number of hydrogen-bond acceptors (Lipinski definition) is 2. The standard InChI is InChI=1S/C7H6BrNS/c1-2-10-7-3-6(8)4-9-5-7/h2-5H,1H2. The normalized spacial score (nSPS) is 9.30. The van der Waals surface area contributed by atoms with Gasteiger partial charge in [0.25, 0.3) is 0 Å². The van der Waals surface area contributed by atoms with Gasteiger partial charge in [-0.2, -0.15) is 0 Å². The third kappa shape index (κ3) is 2.15. The zero-order valence-electron chi connectivity index (χ0n) is 5.25. The highest BCUT2D eigenvalue weighted by Gasteiger charge is 1.90. The van der Waals surface area contributed by atoms with E-state index in [1.165, 1.54) is 0 Å². The number of halogens is 1. The van der Waals surface area contributed by atoms with Crippen LogP contribution in [-0.4, -0.2) is 4.98 Å². The third-order valence-electron chi connectivity index (χ3n) is 0.899. The van der Waals surface area contributed by atoms with E-state index in [0.717, 1.165) is 9.37 Å². The van der Waals surface area contributed by atoms with E-state index >= 15 is 0 Å². The molecule has 0 spiro atoms. The maximum atomic E-state index is 3.99. The highest BCUT2D eigenvalue weighted by atomic mass is 79.9. The fourth-order valence-corrected chi connectivity index (χ4v) is 1.58. The van der Waals surface area contributed by atoms with Crippen LogP contribution in [0.2, 0.25) is 0 Å². The summed E-state index contributed by atoms with van der Waals surface area (Å²) in [6, 6.07) is 2.00. The van der Waals surface area contributed by atoms with Gasteiger partial charge in [0.05, 0.1) is 0 Å². The molecule has 0 aromatic carbocycles. The minimum atomic E-state index is 0.999. The molecule has 0 atom stereocenters. The molecule has 0 N–H and O–H groups in total. The van der Waals surface area contributed by atoms with Gasteiger partial charge in [-0.1, -0.05) is 18.3 Å². The number of aromatic nitrogens is 1. The van der Waals surface area contributed by atoms with Gasteiger partial charge in [0, 0.05) is 21.8 Å². The van der Waals surface area contributed by atoms with Crippen molar-refractivity contribution >= 4 is 27.7 Å². The molecule has 0 aliphatic carbocycles. The number of hydrogen-bond donors (Lipinski definition) is 0. The molecule has 0 amide bonds. The summed E-state index contributed by atoms with van der Waals surface area (Å²) in [6.07, 6.45) is 3.56. The lowest BCUT2D eigenvalue weighted by atomic mass is 10.5. The van der Waals surface area contributed by atoms with Crippen LogP contribution in [0.4, 0.5) is 0 Å². The Bertz CT molecular complexity index is 237. The van der Waals surface area contributed by atoms with Crippen molar-refractivity contribution in [2.75, 3.05) is 0 Å². The SMILES string of the molecule is C=CSc1cncc(Br)c1. The Balaban J connectivity index is 2.84. The summed E-state index contributed by atoms with van der Waals surface area (Å²) in [4.78, 5) is 5.09. The fourth-order valence-electron chi connectivity index (χ4n) is 0.553. The Kier molecular flexibility index (Phi) is 2.96. The minimum absolute atomic E-state index is 0.999. The Morgan fingerprint density at radius 1 is 1.60 bits per heavy atom. The van der Waals surface area contributed by atoms with E-state index in [1.807, 2.05) is 6.07 Å². The molecular formula is C7H6BrNS. The predicted octanol–water partition coefficient (Wildman–Crippen LogP) is 3.08. The number of thioether (sulfide) groups is 1.